The van der Waals surface area contributed by atoms with Crippen molar-refractivity contribution in [2.75, 3.05) is 11.4 Å². The van der Waals surface area contributed by atoms with Gasteiger partial charge in [0.25, 0.3) is 0 Å². The average Bonchev–Trinajstić information content (AvgIpc) is 3.01. The number of ether oxygens (including phenoxy) is 1. The second kappa shape index (κ2) is 8.71. The maximum Gasteiger partial charge on any atom is 0.223 e. The molecule has 1 aromatic rings. The van der Waals surface area contributed by atoms with Crippen molar-refractivity contribution in [2.45, 2.75) is 65.0 Å². The van der Waals surface area contributed by atoms with Gasteiger partial charge < -0.3 is 15.0 Å². The van der Waals surface area contributed by atoms with Crippen LogP contribution in [0, 0.1) is 0 Å². The molecule has 1 saturated carbocycles. The highest BCUT2D eigenvalue weighted by atomic mass is 16.5. The van der Waals surface area contributed by atoms with Gasteiger partial charge in [0.2, 0.25) is 11.8 Å². The Morgan fingerprint density at radius 3 is 2.38 bits per heavy atom. The highest BCUT2D eigenvalue weighted by molar-refractivity contribution is 5.92. The molecular formula is C19H28N2O3. The maximum absolute atomic E-state index is 12.1. The number of benzene rings is 1. The number of carbonyl (C=O) groups is 2. The Morgan fingerprint density at radius 2 is 1.83 bits per heavy atom. The minimum absolute atomic E-state index is 0.0212. The Balaban J connectivity index is 1.91. The van der Waals surface area contributed by atoms with Crippen molar-refractivity contribution < 1.29 is 14.3 Å². The molecule has 1 aliphatic rings. The van der Waals surface area contributed by atoms with E-state index in [1.54, 1.807) is 4.90 Å². The minimum atomic E-state index is -0.0683. The van der Waals surface area contributed by atoms with Gasteiger partial charge in [-0.15, -0.1) is 0 Å². The lowest BCUT2D eigenvalue weighted by atomic mass is 10.2. The van der Waals surface area contributed by atoms with Crippen LogP contribution in [0.5, 0.6) is 5.75 Å². The Kier molecular flexibility index (Phi) is 6.64. The van der Waals surface area contributed by atoms with Crippen LogP contribution in [0.2, 0.25) is 0 Å². The molecule has 1 fully saturated rings. The van der Waals surface area contributed by atoms with Crippen molar-refractivity contribution in [1.82, 2.24) is 5.32 Å². The summed E-state index contributed by atoms with van der Waals surface area (Å²) in [5.74, 6) is 0.727. The standard InChI is InChI=1S/C19H28N2O3/c1-14(2)24-18-10-8-17(9-11-18)21(15(3)22)13-12-19(23)20-16-6-4-5-7-16/h8-11,14,16H,4-7,12-13H2,1-3H3,(H,20,23). The molecule has 1 aromatic carbocycles. The van der Waals surface area contributed by atoms with Gasteiger partial charge in [0.15, 0.2) is 0 Å². The summed E-state index contributed by atoms with van der Waals surface area (Å²) >= 11 is 0. The highest BCUT2D eigenvalue weighted by Gasteiger charge is 2.18. The lowest BCUT2D eigenvalue weighted by Crippen LogP contribution is -2.37. The molecule has 1 N–H and O–H groups in total. The number of amides is 2. The maximum atomic E-state index is 12.1. The average molecular weight is 332 g/mol. The summed E-state index contributed by atoms with van der Waals surface area (Å²) in [7, 11) is 0. The molecule has 5 nitrogen and oxygen atoms in total. The van der Waals surface area contributed by atoms with Gasteiger partial charge in [-0.25, -0.2) is 0 Å². The molecule has 0 aliphatic heterocycles. The third-order valence-corrected chi connectivity index (χ3v) is 4.18. The van der Waals surface area contributed by atoms with Crippen LogP contribution < -0.4 is 15.0 Å². The SMILES string of the molecule is CC(=O)N(CCC(=O)NC1CCCC1)c1ccc(OC(C)C)cc1. The Labute approximate surface area is 144 Å². The van der Waals surface area contributed by atoms with E-state index < -0.39 is 0 Å². The molecule has 5 heteroatoms. The summed E-state index contributed by atoms with van der Waals surface area (Å²) in [5.41, 5.74) is 0.785. The van der Waals surface area contributed by atoms with E-state index in [1.165, 1.54) is 19.8 Å². The second-order valence-electron chi connectivity index (χ2n) is 6.63. The van der Waals surface area contributed by atoms with Crippen molar-refractivity contribution >= 4 is 17.5 Å². The fourth-order valence-corrected chi connectivity index (χ4v) is 3.03. The third kappa shape index (κ3) is 5.55. The lowest BCUT2D eigenvalue weighted by Gasteiger charge is -2.22. The van der Waals surface area contributed by atoms with Crippen LogP contribution in [0.25, 0.3) is 0 Å². The molecule has 2 amide bonds. The molecule has 132 valence electrons. The predicted octanol–water partition coefficient (Wildman–Crippen LogP) is 3.28. The van der Waals surface area contributed by atoms with E-state index in [2.05, 4.69) is 5.32 Å². The van der Waals surface area contributed by atoms with Crippen LogP contribution in [0.15, 0.2) is 24.3 Å². The Morgan fingerprint density at radius 1 is 1.21 bits per heavy atom. The van der Waals surface area contributed by atoms with Gasteiger partial charge in [-0.05, 0) is 51.0 Å². The van der Waals surface area contributed by atoms with Gasteiger partial charge in [0.1, 0.15) is 5.75 Å². The smallest absolute Gasteiger partial charge is 0.223 e. The van der Waals surface area contributed by atoms with Crippen LogP contribution >= 0.6 is 0 Å². The first-order chi connectivity index (χ1) is 11.5. The summed E-state index contributed by atoms with van der Waals surface area (Å²) in [6.07, 6.45) is 4.95. The number of anilines is 1. The van der Waals surface area contributed by atoms with E-state index in [4.69, 9.17) is 4.74 Å². The first-order valence-corrected chi connectivity index (χ1v) is 8.80. The fourth-order valence-electron chi connectivity index (χ4n) is 3.03. The summed E-state index contributed by atoms with van der Waals surface area (Å²) in [5, 5.41) is 3.06. The zero-order valence-electron chi connectivity index (χ0n) is 14.9. The molecule has 0 heterocycles. The van der Waals surface area contributed by atoms with E-state index in [-0.39, 0.29) is 17.9 Å². The van der Waals surface area contributed by atoms with Crippen molar-refractivity contribution in [2.24, 2.45) is 0 Å². The van der Waals surface area contributed by atoms with Crippen molar-refractivity contribution in [3.63, 3.8) is 0 Å². The zero-order valence-corrected chi connectivity index (χ0v) is 14.9. The quantitative estimate of drug-likeness (QED) is 0.833. The van der Waals surface area contributed by atoms with Gasteiger partial charge in [0.05, 0.1) is 6.10 Å². The van der Waals surface area contributed by atoms with Gasteiger partial charge in [-0.1, -0.05) is 12.8 Å². The summed E-state index contributed by atoms with van der Waals surface area (Å²) in [6.45, 7) is 5.85. The molecule has 0 saturated heterocycles. The van der Waals surface area contributed by atoms with E-state index in [0.29, 0.717) is 19.0 Å². The van der Waals surface area contributed by atoms with Crippen LogP contribution in [-0.4, -0.2) is 30.5 Å². The van der Waals surface area contributed by atoms with Crippen molar-refractivity contribution in [1.29, 1.82) is 0 Å². The number of rotatable bonds is 7. The van der Waals surface area contributed by atoms with Crippen LogP contribution in [-0.2, 0) is 9.59 Å². The molecule has 0 atom stereocenters. The molecule has 1 aliphatic carbocycles. The minimum Gasteiger partial charge on any atom is -0.491 e. The predicted molar refractivity (Wildman–Crippen MR) is 95.2 cm³/mol. The fraction of sp³-hybridized carbons (Fsp3) is 0.579. The Bertz CT molecular complexity index is 548. The number of nitrogens with one attached hydrogen (secondary N) is 1. The Hall–Kier alpha value is -2.04. The normalized spacial score (nSPS) is 14.7. The lowest BCUT2D eigenvalue weighted by molar-refractivity contribution is -0.121. The summed E-state index contributed by atoms with van der Waals surface area (Å²) in [6, 6.07) is 7.73. The molecule has 24 heavy (non-hydrogen) atoms. The van der Waals surface area contributed by atoms with Gasteiger partial charge >= 0.3 is 0 Å². The van der Waals surface area contributed by atoms with Crippen LogP contribution in [0.1, 0.15) is 52.9 Å². The molecule has 0 unspecified atom stereocenters. The summed E-state index contributed by atoms with van der Waals surface area (Å²) < 4.78 is 5.61. The molecule has 0 spiro atoms. The topological polar surface area (TPSA) is 58.6 Å². The second-order valence-corrected chi connectivity index (χ2v) is 6.63. The number of hydrogen-bond acceptors (Lipinski definition) is 3. The van der Waals surface area contributed by atoms with E-state index in [0.717, 1.165) is 24.3 Å². The molecule has 0 bridgehead atoms. The molecule has 2 rings (SSSR count). The van der Waals surface area contributed by atoms with Crippen molar-refractivity contribution in [3.05, 3.63) is 24.3 Å². The highest BCUT2D eigenvalue weighted by Crippen LogP contribution is 2.21. The van der Waals surface area contributed by atoms with Crippen LogP contribution in [0.4, 0.5) is 5.69 Å². The van der Waals surface area contributed by atoms with Gasteiger partial charge in [-0.3, -0.25) is 9.59 Å². The molecule has 0 aromatic heterocycles. The largest absolute Gasteiger partial charge is 0.491 e. The van der Waals surface area contributed by atoms with Crippen LogP contribution in [0.3, 0.4) is 0 Å². The molecular weight excluding hydrogens is 304 g/mol. The van der Waals surface area contributed by atoms with E-state index in [1.807, 2.05) is 38.1 Å². The summed E-state index contributed by atoms with van der Waals surface area (Å²) in [4.78, 5) is 25.6. The number of carbonyl (C=O) groups excluding carboxylic acids is 2. The van der Waals surface area contributed by atoms with Crippen molar-refractivity contribution in [3.8, 4) is 5.75 Å². The monoisotopic (exact) mass is 332 g/mol. The zero-order chi connectivity index (χ0) is 17.5. The van der Waals surface area contributed by atoms with Gasteiger partial charge in [0, 0.05) is 31.6 Å². The number of hydrogen-bond donors (Lipinski definition) is 1. The molecule has 0 radical (unpaired) electrons. The third-order valence-electron chi connectivity index (χ3n) is 4.18. The van der Waals surface area contributed by atoms with Gasteiger partial charge in [-0.2, -0.15) is 0 Å². The first-order valence-electron chi connectivity index (χ1n) is 8.80. The first kappa shape index (κ1) is 18.3. The van der Waals surface area contributed by atoms with E-state index in [9.17, 15) is 9.59 Å². The van der Waals surface area contributed by atoms with E-state index >= 15 is 0 Å². The number of nitrogens with zero attached hydrogens (tertiary/aromatic N) is 1.